The molecule has 1 unspecified atom stereocenters. The molecule has 0 amide bonds. The highest BCUT2D eigenvalue weighted by atomic mass is 79.9. The van der Waals surface area contributed by atoms with E-state index >= 15 is 0 Å². The smallest absolute Gasteiger partial charge is 0.270 e. The molecule has 40 heavy (non-hydrogen) atoms. The minimum absolute atomic E-state index is 0.0448. The van der Waals surface area contributed by atoms with Gasteiger partial charge in [-0.1, -0.05) is 18.2 Å². The van der Waals surface area contributed by atoms with E-state index in [1.807, 2.05) is 13.0 Å². The van der Waals surface area contributed by atoms with E-state index < -0.39 is 5.82 Å². The van der Waals surface area contributed by atoms with Gasteiger partial charge in [0.1, 0.15) is 39.1 Å². The number of benzene rings is 2. The molecule has 0 radical (unpaired) electrons. The molecule has 0 N–H and O–H groups in total. The Balaban J connectivity index is 1.62. The van der Waals surface area contributed by atoms with E-state index in [1.165, 1.54) is 35.9 Å². The number of nitrogens with zero attached hydrogens (tertiary/aromatic N) is 5. The van der Waals surface area contributed by atoms with Gasteiger partial charge in [0, 0.05) is 43.9 Å². The first-order valence-electron chi connectivity index (χ1n) is 12.8. The first-order valence-corrected chi connectivity index (χ1v) is 13.6. The number of hydrogen-bond acceptors (Lipinski definition) is 6. The van der Waals surface area contributed by atoms with E-state index in [1.54, 1.807) is 31.3 Å². The van der Waals surface area contributed by atoms with Gasteiger partial charge in [0.15, 0.2) is 0 Å². The molecule has 1 fully saturated rings. The van der Waals surface area contributed by atoms with Gasteiger partial charge in [0.25, 0.3) is 5.56 Å². The molecule has 0 bridgehead atoms. The fourth-order valence-corrected chi connectivity index (χ4v) is 5.99. The van der Waals surface area contributed by atoms with Gasteiger partial charge in [0.05, 0.1) is 24.4 Å². The lowest BCUT2D eigenvalue weighted by Crippen LogP contribution is -2.58. The number of rotatable bonds is 5. The van der Waals surface area contributed by atoms with Crippen LogP contribution in [0, 0.1) is 23.0 Å². The molecule has 0 aliphatic carbocycles. The molecule has 10 heteroatoms. The summed E-state index contributed by atoms with van der Waals surface area (Å²) in [7, 11) is 3.14. The molecule has 0 saturated carbocycles. The molecule has 3 heterocycles. The zero-order valence-corrected chi connectivity index (χ0v) is 24.1. The number of piperazine rings is 1. The minimum atomic E-state index is -0.412. The van der Waals surface area contributed by atoms with Crippen molar-refractivity contribution in [3.8, 4) is 11.8 Å². The Hall–Kier alpha value is -3.81. The van der Waals surface area contributed by atoms with E-state index in [2.05, 4.69) is 43.7 Å². The summed E-state index contributed by atoms with van der Waals surface area (Å²) in [4.78, 5) is 22.2. The molecule has 3 atom stereocenters. The Bertz CT molecular complexity index is 1690. The fourth-order valence-electron chi connectivity index (χ4n) is 5.68. The third-order valence-corrected chi connectivity index (χ3v) is 8.06. The van der Waals surface area contributed by atoms with Gasteiger partial charge in [-0.15, -0.1) is 0 Å². The van der Waals surface area contributed by atoms with E-state index in [0.29, 0.717) is 40.2 Å². The van der Waals surface area contributed by atoms with E-state index in [9.17, 15) is 18.8 Å². The van der Waals surface area contributed by atoms with Gasteiger partial charge in [-0.05, 0) is 65.7 Å². The first-order chi connectivity index (χ1) is 19.1. The highest BCUT2D eigenvalue weighted by Crippen LogP contribution is 2.40. The van der Waals surface area contributed by atoms with Crippen LogP contribution in [-0.4, -0.2) is 46.7 Å². The summed E-state index contributed by atoms with van der Waals surface area (Å²) in [6.45, 7) is 5.10. The molecule has 1 aliphatic heterocycles. The van der Waals surface area contributed by atoms with E-state index in [4.69, 9.17) is 4.74 Å². The predicted octanol–water partition coefficient (Wildman–Crippen LogP) is 5.54. The molecule has 5 rings (SSSR count). The van der Waals surface area contributed by atoms with Crippen molar-refractivity contribution in [2.75, 3.05) is 25.1 Å². The normalized spacial score (nSPS) is 18.5. The molecule has 7 nitrogen and oxygen atoms in total. The van der Waals surface area contributed by atoms with Crippen molar-refractivity contribution in [3.63, 3.8) is 0 Å². The Morgan fingerprint density at radius 2 is 1.75 bits per heavy atom. The number of halogens is 3. The predicted molar refractivity (Wildman–Crippen MR) is 154 cm³/mol. The van der Waals surface area contributed by atoms with Crippen LogP contribution in [0.25, 0.3) is 11.0 Å². The van der Waals surface area contributed by atoms with Crippen LogP contribution in [0.15, 0.2) is 64.0 Å². The Morgan fingerprint density at radius 1 is 1.05 bits per heavy atom. The maximum atomic E-state index is 14.1. The second-order valence-corrected chi connectivity index (χ2v) is 10.9. The summed E-state index contributed by atoms with van der Waals surface area (Å²) in [5.74, 6) is -0.361. The molecular formula is C30H28BrF2N5O2. The summed E-state index contributed by atoms with van der Waals surface area (Å²) in [6.07, 6.45) is 0. The average molecular weight is 608 g/mol. The van der Waals surface area contributed by atoms with Crippen molar-refractivity contribution >= 4 is 32.7 Å². The van der Waals surface area contributed by atoms with Crippen LogP contribution >= 0.6 is 15.9 Å². The Kier molecular flexibility index (Phi) is 7.62. The van der Waals surface area contributed by atoms with Crippen molar-refractivity contribution < 1.29 is 13.5 Å². The topological polar surface area (TPSA) is 74.4 Å². The second kappa shape index (κ2) is 11.0. The molecule has 4 aromatic rings. The third kappa shape index (κ3) is 4.84. The summed E-state index contributed by atoms with van der Waals surface area (Å²) < 4.78 is 35.7. The standard InChI is InChI=1S/C30H28BrF2N5O2/c1-17-16-38(29-23(14-34)30(39)36(3)24-11-12-26(31)35-27(24)29)18(2)15-37(17)28(19-5-7-20(32)8-6-19)22-10-9-21(33)13-25(22)40-4/h5-13,17-18,28H,15-16H2,1-4H3/t17-,18+,28?/m1/s1. The number of fused-ring (bicyclic) bond motifs is 1. The lowest BCUT2D eigenvalue weighted by atomic mass is 9.92. The van der Waals surface area contributed by atoms with E-state index in [-0.39, 0.29) is 35.1 Å². The van der Waals surface area contributed by atoms with Gasteiger partial charge in [-0.3, -0.25) is 9.69 Å². The van der Waals surface area contributed by atoms with Crippen LogP contribution in [0.2, 0.25) is 0 Å². The number of pyridine rings is 2. The quantitative estimate of drug-likeness (QED) is 0.277. The second-order valence-electron chi connectivity index (χ2n) is 10.1. The molecule has 2 aromatic carbocycles. The van der Waals surface area contributed by atoms with Crippen LogP contribution in [0.4, 0.5) is 14.5 Å². The van der Waals surface area contributed by atoms with Gasteiger partial charge in [-0.2, -0.15) is 5.26 Å². The third-order valence-electron chi connectivity index (χ3n) is 7.62. The van der Waals surface area contributed by atoms with Crippen molar-refractivity contribution in [1.29, 1.82) is 5.26 Å². The monoisotopic (exact) mass is 607 g/mol. The van der Waals surface area contributed by atoms with Crippen LogP contribution in [0.1, 0.15) is 36.6 Å². The molecule has 1 aliphatic rings. The number of hydrogen-bond donors (Lipinski definition) is 0. The van der Waals surface area contributed by atoms with Gasteiger partial charge in [-0.25, -0.2) is 13.8 Å². The molecule has 2 aromatic heterocycles. The first kappa shape index (κ1) is 27.7. The van der Waals surface area contributed by atoms with Crippen LogP contribution in [-0.2, 0) is 7.05 Å². The molecule has 1 saturated heterocycles. The average Bonchev–Trinajstić information content (AvgIpc) is 2.94. The van der Waals surface area contributed by atoms with Crippen LogP contribution in [0.3, 0.4) is 0 Å². The van der Waals surface area contributed by atoms with E-state index in [0.717, 1.165) is 11.1 Å². The minimum Gasteiger partial charge on any atom is -0.496 e. The Labute approximate surface area is 239 Å². The summed E-state index contributed by atoms with van der Waals surface area (Å²) >= 11 is 3.44. The molecule has 206 valence electrons. The Morgan fingerprint density at radius 3 is 2.42 bits per heavy atom. The summed E-state index contributed by atoms with van der Waals surface area (Å²) in [5.41, 5.74) is 2.96. The molecular weight excluding hydrogens is 580 g/mol. The van der Waals surface area contributed by atoms with Gasteiger partial charge in [0.2, 0.25) is 0 Å². The number of nitriles is 1. The van der Waals surface area contributed by atoms with Crippen molar-refractivity contribution in [3.05, 3.63) is 97.9 Å². The van der Waals surface area contributed by atoms with Crippen molar-refractivity contribution in [2.45, 2.75) is 32.0 Å². The largest absolute Gasteiger partial charge is 0.496 e. The number of methoxy groups -OCH3 is 1. The number of ether oxygens (including phenoxy) is 1. The van der Waals surface area contributed by atoms with Gasteiger partial charge >= 0.3 is 0 Å². The highest BCUT2D eigenvalue weighted by Gasteiger charge is 2.38. The van der Waals surface area contributed by atoms with Crippen LogP contribution in [0.5, 0.6) is 5.75 Å². The maximum absolute atomic E-state index is 14.1. The maximum Gasteiger partial charge on any atom is 0.270 e. The number of aryl methyl sites for hydroxylation is 1. The summed E-state index contributed by atoms with van der Waals surface area (Å²) in [5, 5.41) is 10.1. The zero-order valence-electron chi connectivity index (χ0n) is 22.5. The number of anilines is 1. The van der Waals surface area contributed by atoms with Crippen LogP contribution < -0.4 is 15.2 Å². The fraction of sp³-hybridized carbons (Fsp3) is 0.300. The van der Waals surface area contributed by atoms with Gasteiger partial charge < -0.3 is 14.2 Å². The number of aromatic nitrogens is 2. The van der Waals surface area contributed by atoms with Crippen molar-refractivity contribution in [2.24, 2.45) is 7.05 Å². The lowest BCUT2D eigenvalue weighted by Gasteiger charge is -2.48. The SMILES string of the molecule is COc1cc(F)ccc1C(c1ccc(F)cc1)N1C[C@H](C)N(c2c(C#N)c(=O)n(C)c3ccc(Br)nc23)C[C@H]1C. The highest BCUT2D eigenvalue weighted by molar-refractivity contribution is 9.10. The zero-order chi connectivity index (χ0) is 28.7. The summed E-state index contributed by atoms with van der Waals surface area (Å²) in [6, 6.07) is 15.9. The molecule has 0 spiro atoms. The van der Waals surface area contributed by atoms with Crippen molar-refractivity contribution in [1.82, 2.24) is 14.5 Å². The lowest BCUT2D eigenvalue weighted by molar-refractivity contribution is 0.128.